The van der Waals surface area contributed by atoms with Crippen LogP contribution in [0.5, 0.6) is 0 Å². The van der Waals surface area contributed by atoms with Gasteiger partial charge in [-0.3, -0.25) is 4.79 Å². The molecule has 1 fully saturated rings. The molecule has 0 radical (unpaired) electrons. The molecule has 0 spiro atoms. The predicted octanol–water partition coefficient (Wildman–Crippen LogP) is 2.41. The molecule has 0 saturated carbocycles. The van der Waals surface area contributed by atoms with Crippen molar-refractivity contribution in [1.82, 2.24) is 4.90 Å². The van der Waals surface area contributed by atoms with E-state index in [0.717, 1.165) is 36.0 Å². The third kappa shape index (κ3) is 4.15. The summed E-state index contributed by atoms with van der Waals surface area (Å²) in [5, 5.41) is 8.66. The monoisotopic (exact) mass is 309 g/mol. The summed E-state index contributed by atoms with van der Waals surface area (Å²) in [5.41, 5.74) is 0.909. The number of carbonyl (C=O) groups is 2. The summed E-state index contributed by atoms with van der Waals surface area (Å²) in [7, 11) is 1.77. The molecule has 1 N–H and O–H groups in total. The van der Waals surface area contributed by atoms with E-state index < -0.39 is 5.97 Å². The van der Waals surface area contributed by atoms with Crippen LogP contribution in [0.15, 0.2) is 12.1 Å². The van der Waals surface area contributed by atoms with E-state index in [2.05, 4.69) is 0 Å². The summed E-state index contributed by atoms with van der Waals surface area (Å²) < 4.78 is 5.54. The van der Waals surface area contributed by atoms with E-state index in [1.54, 1.807) is 18.0 Å². The maximum atomic E-state index is 12.4. The molecule has 5 nitrogen and oxygen atoms in total. The van der Waals surface area contributed by atoms with Crippen molar-refractivity contribution in [2.24, 2.45) is 0 Å². The van der Waals surface area contributed by atoms with E-state index in [9.17, 15) is 9.59 Å². The topological polar surface area (TPSA) is 66.8 Å². The number of hydrogen-bond donors (Lipinski definition) is 1. The minimum Gasteiger partial charge on any atom is -0.478 e. The predicted molar refractivity (Wildman–Crippen MR) is 81.7 cm³/mol. The lowest BCUT2D eigenvalue weighted by molar-refractivity contribution is -0.131. The van der Waals surface area contributed by atoms with Crippen LogP contribution in [0.4, 0.5) is 0 Å². The van der Waals surface area contributed by atoms with Gasteiger partial charge in [0.25, 0.3) is 5.91 Å². The Kier molecular flexibility index (Phi) is 5.14. The highest BCUT2D eigenvalue weighted by Crippen LogP contribution is 2.25. The second-order valence-corrected chi connectivity index (χ2v) is 6.23. The van der Waals surface area contributed by atoms with E-state index in [4.69, 9.17) is 9.84 Å². The van der Waals surface area contributed by atoms with Crippen LogP contribution in [0.25, 0.3) is 6.08 Å². The highest BCUT2D eigenvalue weighted by atomic mass is 32.1. The van der Waals surface area contributed by atoms with Crippen LogP contribution in [0.2, 0.25) is 0 Å². The maximum absolute atomic E-state index is 12.4. The van der Waals surface area contributed by atoms with Gasteiger partial charge in [0.2, 0.25) is 0 Å². The number of nitrogens with zero attached hydrogens (tertiary/aromatic N) is 1. The van der Waals surface area contributed by atoms with Crippen molar-refractivity contribution in [3.05, 3.63) is 27.5 Å². The van der Waals surface area contributed by atoms with Gasteiger partial charge in [-0.2, -0.15) is 0 Å². The molecule has 1 aliphatic heterocycles. The summed E-state index contributed by atoms with van der Waals surface area (Å²) in [4.78, 5) is 26.0. The fourth-order valence-corrected chi connectivity index (χ4v) is 3.35. The lowest BCUT2D eigenvalue weighted by Gasteiger charge is -2.20. The van der Waals surface area contributed by atoms with E-state index in [0.29, 0.717) is 11.4 Å². The van der Waals surface area contributed by atoms with Crippen molar-refractivity contribution in [3.63, 3.8) is 0 Å². The zero-order valence-electron chi connectivity index (χ0n) is 12.2. The largest absolute Gasteiger partial charge is 0.478 e. The Balaban J connectivity index is 2.04. The van der Waals surface area contributed by atoms with Crippen LogP contribution in [-0.4, -0.2) is 48.2 Å². The number of ether oxygens (including phenoxy) is 1. The van der Waals surface area contributed by atoms with E-state index >= 15 is 0 Å². The number of carboxylic acids is 1. The molecule has 1 aromatic heterocycles. The van der Waals surface area contributed by atoms with Crippen molar-refractivity contribution in [3.8, 4) is 0 Å². The van der Waals surface area contributed by atoms with Gasteiger partial charge in [-0.25, -0.2) is 4.79 Å². The van der Waals surface area contributed by atoms with Crippen molar-refractivity contribution in [2.75, 3.05) is 20.2 Å². The smallest absolute Gasteiger partial charge is 0.328 e. The molecule has 0 aromatic carbocycles. The number of thiophene rings is 1. The first-order valence-electron chi connectivity index (χ1n) is 6.86. The van der Waals surface area contributed by atoms with E-state index in [-0.39, 0.29) is 12.0 Å². The SMILES string of the molecule is Cc1cc(C(=O)N(C)CC2CCCO2)sc1/C=C/C(=O)O. The Hall–Kier alpha value is -1.66. The van der Waals surface area contributed by atoms with Gasteiger partial charge in [0.05, 0.1) is 11.0 Å². The van der Waals surface area contributed by atoms with E-state index in [1.807, 2.05) is 6.92 Å². The number of aliphatic carboxylic acids is 1. The normalized spacial score (nSPS) is 18.3. The van der Waals surface area contributed by atoms with Gasteiger partial charge in [0, 0.05) is 31.2 Å². The zero-order chi connectivity index (χ0) is 15.4. The van der Waals surface area contributed by atoms with Gasteiger partial charge < -0.3 is 14.7 Å². The Morgan fingerprint density at radius 1 is 1.57 bits per heavy atom. The standard InChI is InChI=1S/C15H19NO4S/c1-10-8-13(21-12(10)5-6-14(17)18)15(19)16(2)9-11-4-3-7-20-11/h5-6,8,11H,3-4,7,9H2,1-2H3,(H,17,18)/b6-5+. The molecule has 2 rings (SSSR count). The minimum absolute atomic E-state index is 0.0476. The molecule has 1 amide bonds. The number of likely N-dealkylation sites (N-methyl/N-ethyl adjacent to an activating group) is 1. The summed E-state index contributed by atoms with van der Waals surface area (Å²) in [5.74, 6) is -1.04. The first-order valence-corrected chi connectivity index (χ1v) is 7.67. The van der Waals surface area contributed by atoms with Gasteiger partial charge in [0.1, 0.15) is 0 Å². The van der Waals surface area contributed by atoms with Crippen LogP contribution in [0.1, 0.15) is 33.0 Å². The number of carboxylic acid groups (broad SMARTS) is 1. The van der Waals surface area contributed by atoms with Crippen LogP contribution in [-0.2, 0) is 9.53 Å². The molecular formula is C15H19NO4S. The maximum Gasteiger partial charge on any atom is 0.328 e. The first-order chi connectivity index (χ1) is 9.97. The molecule has 21 heavy (non-hydrogen) atoms. The van der Waals surface area contributed by atoms with Gasteiger partial charge in [-0.15, -0.1) is 11.3 Å². The number of amides is 1. The fraction of sp³-hybridized carbons (Fsp3) is 0.467. The number of rotatable bonds is 5. The highest BCUT2D eigenvalue weighted by Gasteiger charge is 2.22. The quantitative estimate of drug-likeness (QED) is 0.848. The molecule has 1 atom stereocenters. The Labute approximate surface area is 127 Å². The molecule has 1 aromatic rings. The lowest BCUT2D eigenvalue weighted by Crippen LogP contribution is -2.33. The lowest BCUT2D eigenvalue weighted by atomic mass is 10.2. The fourth-order valence-electron chi connectivity index (χ4n) is 2.28. The highest BCUT2D eigenvalue weighted by molar-refractivity contribution is 7.15. The van der Waals surface area contributed by atoms with Crippen molar-refractivity contribution in [1.29, 1.82) is 0 Å². The van der Waals surface area contributed by atoms with Crippen molar-refractivity contribution >= 4 is 29.3 Å². The first kappa shape index (κ1) is 15.7. The molecule has 0 bridgehead atoms. The summed E-state index contributed by atoms with van der Waals surface area (Å²) >= 11 is 1.31. The van der Waals surface area contributed by atoms with Gasteiger partial charge >= 0.3 is 5.97 Å². The second-order valence-electron chi connectivity index (χ2n) is 5.15. The average Bonchev–Trinajstić information content (AvgIpc) is 3.05. The molecule has 1 unspecified atom stereocenters. The number of aryl methyl sites for hydroxylation is 1. The van der Waals surface area contributed by atoms with Crippen molar-refractivity contribution < 1.29 is 19.4 Å². The molecule has 6 heteroatoms. The number of hydrogen-bond acceptors (Lipinski definition) is 4. The molecule has 0 aliphatic carbocycles. The van der Waals surface area contributed by atoms with Crippen LogP contribution in [0, 0.1) is 6.92 Å². The molecule has 2 heterocycles. The summed E-state index contributed by atoms with van der Waals surface area (Å²) in [6, 6.07) is 1.81. The molecule has 1 saturated heterocycles. The molecule has 1 aliphatic rings. The average molecular weight is 309 g/mol. The Bertz CT molecular complexity index is 558. The zero-order valence-corrected chi connectivity index (χ0v) is 13.0. The van der Waals surface area contributed by atoms with Crippen LogP contribution >= 0.6 is 11.3 Å². The Morgan fingerprint density at radius 2 is 2.33 bits per heavy atom. The van der Waals surface area contributed by atoms with Crippen molar-refractivity contribution in [2.45, 2.75) is 25.9 Å². The summed E-state index contributed by atoms with van der Waals surface area (Å²) in [6.07, 6.45) is 4.79. The number of carbonyl (C=O) groups excluding carboxylic acids is 1. The van der Waals surface area contributed by atoms with Gasteiger partial charge in [-0.05, 0) is 37.5 Å². The van der Waals surface area contributed by atoms with Gasteiger partial charge in [0.15, 0.2) is 0 Å². The minimum atomic E-state index is -0.994. The molecular weight excluding hydrogens is 290 g/mol. The van der Waals surface area contributed by atoms with Crippen LogP contribution < -0.4 is 0 Å². The summed E-state index contributed by atoms with van der Waals surface area (Å²) in [6.45, 7) is 3.24. The Morgan fingerprint density at radius 3 is 2.95 bits per heavy atom. The second kappa shape index (κ2) is 6.87. The third-order valence-electron chi connectivity index (χ3n) is 3.39. The third-order valence-corrected chi connectivity index (χ3v) is 4.58. The molecule has 114 valence electrons. The van der Waals surface area contributed by atoms with E-state index in [1.165, 1.54) is 17.4 Å². The van der Waals surface area contributed by atoms with Crippen LogP contribution in [0.3, 0.4) is 0 Å². The van der Waals surface area contributed by atoms with Gasteiger partial charge in [-0.1, -0.05) is 0 Å².